The first-order valence-corrected chi connectivity index (χ1v) is 12.5. The van der Waals surface area contributed by atoms with Crippen molar-refractivity contribution in [2.75, 3.05) is 0 Å². The fourth-order valence-electron chi connectivity index (χ4n) is 3.85. The summed E-state index contributed by atoms with van der Waals surface area (Å²) >= 11 is 0. The van der Waals surface area contributed by atoms with Crippen LogP contribution in [0.2, 0.25) is 0 Å². The minimum atomic E-state index is 1.29. The highest BCUT2D eigenvalue weighted by Crippen LogP contribution is 2.17. The van der Waals surface area contributed by atoms with Crippen LogP contribution < -0.4 is 0 Å². The fraction of sp³-hybridized carbons (Fsp3) is 0.923. The Labute approximate surface area is 167 Å². The van der Waals surface area contributed by atoms with E-state index < -0.39 is 0 Å². The predicted octanol–water partition coefficient (Wildman–Crippen LogP) is 10.2. The van der Waals surface area contributed by atoms with Crippen molar-refractivity contribution in [1.82, 2.24) is 0 Å². The summed E-state index contributed by atoms with van der Waals surface area (Å²) in [5.74, 6) is 0. The van der Waals surface area contributed by atoms with Crippen LogP contribution in [0.1, 0.15) is 155 Å². The molecule has 0 heteroatoms. The van der Waals surface area contributed by atoms with Crippen LogP contribution in [0.25, 0.3) is 0 Å². The maximum absolute atomic E-state index is 4.31. The summed E-state index contributed by atoms with van der Waals surface area (Å²) in [5.41, 5.74) is 1.52. The van der Waals surface area contributed by atoms with E-state index in [-0.39, 0.29) is 0 Å². The molecule has 0 saturated carbocycles. The normalized spacial score (nSPS) is 11.2. The van der Waals surface area contributed by atoms with Gasteiger partial charge in [0.25, 0.3) is 0 Å². The highest BCUT2D eigenvalue weighted by Gasteiger charge is 1.98. The topological polar surface area (TPSA) is 0 Å². The van der Waals surface area contributed by atoms with Crippen molar-refractivity contribution in [3.63, 3.8) is 0 Å². The summed E-state index contributed by atoms with van der Waals surface area (Å²) in [7, 11) is 0. The van der Waals surface area contributed by atoms with Gasteiger partial charge in [0.2, 0.25) is 0 Å². The highest BCUT2D eigenvalue weighted by molar-refractivity contribution is 4.93. The third kappa shape index (κ3) is 21.8. The minimum Gasteiger partial charge on any atom is -0.0999 e. The molecule has 0 aliphatic rings. The average molecular weight is 365 g/mol. The second-order valence-corrected chi connectivity index (χ2v) is 8.61. The molecule has 0 aromatic rings. The van der Waals surface area contributed by atoms with Crippen LogP contribution in [0.4, 0.5) is 0 Å². The van der Waals surface area contributed by atoms with E-state index in [2.05, 4.69) is 20.4 Å². The van der Waals surface area contributed by atoms with Crippen LogP contribution in [0, 0.1) is 0 Å². The quantitative estimate of drug-likeness (QED) is 0.132. The van der Waals surface area contributed by atoms with E-state index in [1.807, 2.05) is 0 Å². The summed E-state index contributed by atoms with van der Waals surface area (Å²) < 4.78 is 0. The third-order valence-corrected chi connectivity index (χ3v) is 5.77. The predicted molar refractivity (Wildman–Crippen MR) is 122 cm³/mol. The van der Waals surface area contributed by atoms with Gasteiger partial charge >= 0.3 is 0 Å². The van der Waals surface area contributed by atoms with Crippen molar-refractivity contribution >= 4 is 0 Å². The molecule has 0 saturated heterocycles. The molecule has 0 aromatic heterocycles. The van der Waals surface area contributed by atoms with Crippen LogP contribution in [0.15, 0.2) is 12.2 Å². The van der Waals surface area contributed by atoms with Gasteiger partial charge in [-0.05, 0) is 25.7 Å². The van der Waals surface area contributed by atoms with Gasteiger partial charge in [-0.1, -0.05) is 142 Å². The first-order valence-electron chi connectivity index (χ1n) is 12.5. The second kappa shape index (κ2) is 22.8. The molecule has 0 spiro atoms. The summed E-state index contributed by atoms with van der Waals surface area (Å²) in [4.78, 5) is 0. The molecule has 0 aliphatic carbocycles. The first kappa shape index (κ1) is 25.7. The zero-order chi connectivity index (χ0) is 19.1. The third-order valence-electron chi connectivity index (χ3n) is 5.77. The van der Waals surface area contributed by atoms with Gasteiger partial charge in [-0.25, -0.2) is 0 Å². The van der Waals surface area contributed by atoms with Gasteiger partial charge in [-0.3, -0.25) is 0 Å². The molecular formula is C26H52. The largest absolute Gasteiger partial charge is 0.0999 e. The van der Waals surface area contributed by atoms with Crippen LogP contribution in [-0.4, -0.2) is 0 Å². The number of hydrogen-bond donors (Lipinski definition) is 0. The van der Waals surface area contributed by atoms with Gasteiger partial charge in [0, 0.05) is 0 Å². The second-order valence-electron chi connectivity index (χ2n) is 8.61. The van der Waals surface area contributed by atoms with Crippen molar-refractivity contribution in [3.05, 3.63) is 12.2 Å². The Morgan fingerprint density at radius 1 is 0.385 bits per heavy atom. The van der Waals surface area contributed by atoms with E-state index in [4.69, 9.17) is 0 Å². The lowest BCUT2D eigenvalue weighted by Crippen LogP contribution is -1.87. The number of allylic oxidation sites excluding steroid dienone is 1. The molecule has 0 N–H and O–H groups in total. The van der Waals surface area contributed by atoms with E-state index in [1.165, 1.54) is 147 Å². The Kier molecular flexibility index (Phi) is 22.6. The fourth-order valence-corrected chi connectivity index (χ4v) is 3.85. The van der Waals surface area contributed by atoms with Crippen molar-refractivity contribution in [2.45, 2.75) is 155 Å². The van der Waals surface area contributed by atoms with Crippen molar-refractivity contribution in [3.8, 4) is 0 Å². The van der Waals surface area contributed by atoms with Gasteiger partial charge in [0.15, 0.2) is 0 Å². The van der Waals surface area contributed by atoms with Crippen LogP contribution in [0.3, 0.4) is 0 Å². The molecular weight excluding hydrogens is 312 g/mol. The molecule has 0 amide bonds. The van der Waals surface area contributed by atoms with E-state index in [9.17, 15) is 0 Å². The Bertz CT molecular complexity index is 239. The van der Waals surface area contributed by atoms with Gasteiger partial charge in [-0.15, -0.1) is 0 Å². The number of rotatable bonds is 22. The Balaban J connectivity index is 3.13. The summed E-state index contributed by atoms with van der Waals surface area (Å²) in [6.07, 6.45) is 31.3. The molecule has 0 atom stereocenters. The van der Waals surface area contributed by atoms with Crippen molar-refractivity contribution in [2.24, 2.45) is 0 Å². The monoisotopic (exact) mass is 364 g/mol. The van der Waals surface area contributed by atoms with Crippen LogP contribution >= 0.6 is 0 Å². The molecule has 0 aromatic carbocycles. The van der Waals surface area contributed by atoms with E-state index in [0.717, 1.165) is 0 Å². The SMILES string of the molecule is C=C(CCCCCCCCCCCC)CCCCCCCCCCCC. The molecule has 156 valence electrons. The molecule has 0 unspecified atom stereocenters. The molecule has 0 nitrogen and oxygen atoms in total. The molecule has 0 heterocycles. The lowest BCUT2D eigenvalue weighted by molar-refractivity contribution is 0.547. The Morgan fingerprint density at radius 3 is 0.885 bits per heavy atom. The van der Waals surface area contributed by atoms with Crippen LogP contribution in [0.5, 0.6) is 0 Å². The smallest absolute Gasteiger partial charge is 0.0323 e. The first-order chi connectivity index (χ1) is 12.8. The number of hydrogen-bond acceptors (Lipinski definition) is 0. The molecule has 26 heavy (non-hydrogen) atoms. The zero-order valence-corrected chi connectivity index (χ0v) is 18.8. The lowest BCUT2D eigenvalue weighted by atomic mass is 10.00. The van der Waals surface area contributed by atoms with Crippen molar-refractivity contribution < 1.29 is 0 Å². The molecule has 0 fully saturated rings. The highest BCUT2D eigenvalue weighted by atomic mass is 14.0. The summed E-state index contributed by atoms with van der Waals surface area (Å²) in [5, 5.41) is 0. The maximum atomic E-state index is 4.31. The zero-order valence-electron chi connectivity index (χ0n) is 18.8. The van der Waals surface area contributed by atoms with E-state index in [1.54, 1.807) is 0 Å². The molecule has 0 bridgehead atoms. The van der Waals surface area contributed by atoms with Crippen molar-refractivity contribution in [1.29, 1.82) is 0 Å². The maximum Gasteiger partial charge on any atom is -0.0323 e. The minimum absolute atomic E-state index is 1.29. The van der Waals surface area contributed by atoms with E-state index >= 15 is 0 Å². The average Bonchev–Trinajstić information content (AvgIpc) is 2.64. The van der Waals surface area contributed by atoms with Gasteiger partial charge in [0.05, 0.1) is 0 Å². The lowest BCUT2D eigenvalue weighted by Gasteiger charge is -2.06. The van der Waals surface area contributed by atoms with Gasteiger partial charge in [-0.2, -0.15) is 0 Å². The number of unbranched alkanes of at least 4 members (excludes halogenated alkanes) is 18. The molecule has 0 radical (unpaired) electrons. The van der Waals surface area contributed by atoms with Gasteiger partial charge in [0.1, 0.15) is 0 Å². The molecule has 0 rings (SSSR count). The Hall–Kier alpha value is -0.260. The van der Waals surface area contributed by atoms with E-state index in [0.29, 0.717) is 0 Å². The Morgan fingerprint density at radius 2 is 0.615 bits per heavy atom. The molecule has 0 aliphatic heterocycles. The van der Waals surface area contributed by atoms with Crippen LogP contribution in [-0.2, 0) is 0 Å². The summed E-state index contributed by atoms with van der Waals surface area (Å²) in [6.45, 7) is 8.90. The standard InChI is InChI=1S/C26H52/c1-4-6-8-10-12-14-16-18-20-22-24-26(3)25-23-21-19-17-15-13-11-9-7-5-2/h3-25H2,1-2H3. The summed E-state index contributed by atoms with van der Waals surface area (Å²) in [6, 6.07) is 0. The van der Waals surface area contributed by atoms with Gasteiger partial charge < -0.3 is 0 Å².